The maximum absolute atomic E-state index is 6.21. The molecule has 0 N–H and O–H groups in total. The van der Waals surface area contributed by atoms with Crippen LogP contribution in [-0.4, -0.2) is 15.0 Å². The first-order chi connectivity index (χ1) is 31.1. The second-order valence-electron chi connectivity index (χ2n) is 16.2. The van der Waals surface area contributed by atoms with E-state index in [9.17, 15) is 0 Å². The predicted molar refractivity (Wildman–Crippen MR) is 258 cm³/mol. The monoisotopic (exact) mass is 805 g/mol. The lowest BCUT2D eigenvalue weighted by molar-refractivity contribution is 0.669. The van der Waals surface area contributed by atoms with Crippen LogP contribution in [0.25, 0.3) is 94.8 Å². The van der Waals surface area contributed by atoms with Gasteiger partial charge in [-0.05, 0) is 98.0 Å². The molecule has 12 rings (SSSR count). The van der Waals surface area contributed by atoms with E-state index in [1.165, 1.54) is 44.5 Å². The van der Waals surface area contributed by atoms with Gasteiger partial charge in [-0.3, -0.25) is 0 Å². The third kappa shape index (κ3) is 5.58. The average molecular weight is 806 g/mol. The minimum atomic E-state index is -0.417. The van der Waals surface area contributed by atoms with Gasteiger partial charge in [0, 0.05) is 27.5 Å². The summed E-state index contributed by atoms with van der Waals surface area (Å²) in [5.74, 6) is 1.76. The van der Waals surface area contributed by atoms with E-state index in [2.05, 4.69) is 164 Å². The lowest BCUT2D eigenvalue weighted by Crippen LogP contribution is -2.25. The topological polar surface area (TPSA) is 51.8 Å². The number of rotatable bonds is 7. The van der Waals surface area contributed by atoms with Crippen LogP contribution < -0.4 is 0 Å². The van der Waals surface area contributed by atoms with Crippen molar-refractivity contribution in [1.29, 1.82) is 0 Å². The Kier molecular flexibility index (Phi) is 8.41. The largest absolute Gasteiger partial charge is 0.456 e. The number of hydrogen-bond acceptors (Lipinski definition) is 4. The molecule has 2 aliphatic carbocycles. The number of aromatic nitrogens is 3. The van der Waals surface area contributed by atoms with E-state index >= 15 is 0 Å². The highest BCUT2D eigenvalue weighted by molar-refractivity contribution is 6.12. The van der Waals surface area contributed by atoms with Crippen molar-refractivity contribution in [3.8, 4) is 67.3 Å². The standard InChI is InChI=1S/C59H39N3O/c1-3-15-38(16-4-2)56-60-57(39-31-29-37(30-32-39)43-23-14-28-54-55(43)48-22-8-12-27-53(48)63-54)62-58(61-56)42-18-13-17-40(35-42)41-33-34-47-46-21-7-11-26-51(46)59(52(47)36-41)49-24-9-5-19-44(49)45-20-6-10-25-50(45)59/h3-36H,1H2,2H3/b16-4-,38-15+. The van der Waals surface area contributed by atoms with Gasteiger partial charge in [0.2, 0.25) is 0 Å². The van der Waals surface area contributed by atoms with Crippen molar-refractivity contribution < 1.29 is 4.42 Å². The molecule has 0 fully saturated rings. The fourth-order valence-corrected chi connectivity index (χ4v) is 10.2. The van der Waals surface area contributed by atoms with Gasteiger partial charge in [-0.15, -0.1) is 0 Å². The number of furan rings is 1. The zero-order valence-corrected chi connectivity index (χ0v) is 34.6. The summed E-state index contributed by atoms with van der Waals surface area (Å²) in [5, 5.41) is 2.21. The van der Waals surface area contributed by atoms with Crippen molar-refractivity contribution in [2.24, 2.45) is 0 Å². The van der Waals surface area contributed by atoms with Crippen LogP contribution in [0, 0.1) is 0 Å². The molecule has 2 heterocycles. The molecule has 296 valence electrons. The molecule has 0 saturated heterocycles. The highest BCUT2D eigenvalue weighted by Gasteiger charge is 2.51. The number of para-hydroxylation sites is 1. The van der Waals surface area contributed by atoms with Gasteiger partial charge >= 0.3 is 0 Å². The van der Waals surface area contributed by atoms with Gasteiger partial charge in [-0.1, -0.05) is 189 Å². The first kappa shape index (κ1) is 36.6. The molecule has 0 unspecified atom stereocenters. The Hall–Kier alpha value is -8.21. The van der Waals surface area contributed by atoms with E-state index in [1.807, 2.05) is 49.4 Å². The second-order valence-corrected chi connectivity index (χ2v) is 16.2. The van der Waals surface area contributed by atoms with Crippen molar-refractivity contribution >= 4 is 27.5 Å². The number of nitrogens with zero attached hydrogens (tertiary/aromatic N) is 3. The molecule has 63 heavy (non-hydrogen) atoms. The van der Waals surface area contributed by atoms with Crippen LogP contribution in [0.1, 0.15) is 35.0 Å². The van der Waals surface area contributed by atoms with Gasteiger partial charge < -0.3 is 4.42 Å². The average Bonchev–Trinajstić information content (AvgIpc) is 3.98. The molecular formula is C59H39N3O. The summed E-state index contributed by atoms with van der Waals surface area (Å²) in [6.07, 6.45) is 7.72. The van der Waals surface area contributed by atoms with Crippen LogP contribution in [0.15, 0.2) is 217 Å². The van der Waals surface area contributed by atoms with Gasteiger partial charge in [0.25, 0.3) is 0 Å². The van der Waals surface area contributed by atoms with Crippen LogP contribution in [0.5, 0.6) is 0 Å². The van der Waals surface area contributed by atoms with Crippen LogP contribution in [-0.2, 0) is 5.41 Å². The number of benzene rings is 8. The molecule has 2 aliphatic rings. The number of allylic oxidation sites excluding steroid dienone is 5. The minimum Gasteiger partial charge on any atom is -0.456 e. The van der Waals surface area contributed by atoms with Gasteiger partial charge in [0.1, 0.15) is 11.2 Å². The zero-order chi connectivity index (χ0) is 42.1. The summed E-state index contributed by atoms with van der Waals surface area (Å²) in [5.41, 5.74) is 18.9. The molecule has 0 aliphatic heterocycles. The highest BCUT2D eigenvalue weighted by Crippen LogP contribution is 2.63. The molecular weight excluding hydrogens is 767 g/mol. The van der Waals surface area contributed by atoms with Crippen molar-refractivity contribution in [3.05, 3.63) is 241 Å². The molecule has 0 saturated carbocycles. The minimum absolute atomic E-state index is 0.417. The fraction of sp³-hybridized carbons (Fsp3) is 0.0339. The van der Waals surface area contributed by atoms with Crippen LogP contribution in [0.3, 0.4) is 0 Å². The summed E-state index contributed by atoms with van der Waals surface area (Å²) in [6, 6.07) is 65.3. The predicted octanol–water partition coefficient (Wildman–Crippen LogP) is 14.9. The van der Waals surface area contributed by atoms with E-state index in [0.717, 1.165) is 60.9 Å². The smallest absolute Gasteiger partial charge is 0.164 e. The van der Waals surface area contributed by atoms with E-state index in [4.69, 9.17) is 19.4 Å². The summed E-state index contributed by atoms with van der Waals surface area (Å²) in [7, 11) is 0. The van der Waals surface area contributed by atoms with Crippen molar-refractivity contribution in [3.63, 3.8) is 0 Å². The Morgan fingerprint density at radius 2 is 1.02 bits per heavy atom. The highest BCUT2D eigenvalue weighted by atomic mass is 16.3. The lowest BCUT2D eigenvalue weighted by atomic mass is 9.70. The van der Waals surface area contributed by atoms with Gasteiger partial charge in [-0.2, -0.15) is 0 Å². The first-order valence-corrected chi connectivity index (χ1v) is 21.4. The molecule has 0 amide bonds. The molecule has 4 nitrogen and oxygen atoms in total. The molecule has 1 spiro atoms. The normalized spacial score (nSPS) is 13.4. The second kappa shape index (κ2) is 14.5. The van der Waals surface area contributed by atoms with Crippen molar-refractivity contribution in [2.45, 2.75) is 12.3 Å². The number of fused-ring (bicyclic) bond motifs is 13. The Labute approximate surface area is 365 Å². The van der Waals surface area contributed by atoms with E-state index < -0.39 is 5.41 Å². The summed E-state index contributed by atoms with van der Waals surface area (Å²) in [6.45, 7) is 5.98. The lowest BCUT2D eigenvalue weighted by Gasteiger charge is -2.30. The fourth-order valence-electron chi connectivity index (χ4n) is 10.2. The van der Waals surface area contributed by atoms with Gasteiger partial charge in [0.15, 0.2) is 17.5 Å². The Bertz CT molecular complexity index is 3490. The third-order valence-corrected chi connectivity index (χ3v) is 12.8. The molecule has 8 aromatic carbocycles. The van der Waals surface area contributed by atoms with Gasteiger partial charge in [-0.25, -0.2) is 15.0 Å². The van der Waals surface area contributed by atoms with Crippen molar-refractivity contribution in [2.75, 3.05) is 0 Å². The number of hydrogen-bond donors (Lipinski definition) is 0. The summed E-state index contributed by atoms with van der Waals surface area (Å²) < 4.78 is 6.21. The molecule has 0 radical (unpaired) electrons. The Morgan fingerprint density at radius 1 is 0.476 bits per heavy atom. The Balaban J connectivity index is 0.977. The SMILES string of the molecule is C=C/C=C(\C=C/C)c1nc(-c2ccc(-c3cccc4oc5ccccc5c34)cc2)nc(-c2cccc(-c3ccc4c(c3)C3(c5ccccc5-c5ccccc53)c3ccccc3-4)c2)n1. The van der Waals surface area contributed by atoms with E-state index in [-0.39, 0.29) is 0 Å². The molecule has 10 aromatic rings. The maximum atomic E-state index is 6.21. The van der Waals surface area contributed by atoms with Gasteiger partial charge in [0.05, 0.1) is 5.41 Å². The molecule has 0 bridgehead atoms. The first-order valence-electron chi connectivity index (χ1n) is 21.4. The van der Waals surface area contributed by atoms with Crippen LogP contribution in [0.4, 0.5) is 0 Å². The molecule has 4 heteroatoms. The summed E-state index contributed by atoms with van der Waals surface area (Å²) >= 11 is 0. The maximum Gasteiger partial charge on any atom is 0.164 e. The van der Waals surface area contributed by atoms with Crippen LogP contribution in [0.2, 0.25) is 0 Å². The van der Waals surface area contributed by atoms with E-state index in [0.29, 0.717) is 17.5 Å². The summed E-state index contributed by atoms with van der Waals surface area (Å²) in [4.78, 5) is 15.4. The van der Waals surface area contributed by atoms with Crippen molar-refractivity contribution in [1.82, 2.24) is 15.0 Å². The molecule has 0 atom stereocenters. The quantitative estimate of drug-likeness (QED) is 0.151. The molecule has 2 aromatic heterocycles. The third-order valence-electron chi connectivity index (χ3n) is 12.8. The van der Waals surface area contributed by atoms with Crippen LogP contribution >= 0.6 is 0 Å². The van der Waals surface area contributed by atoms with E-state index in [1.54, 1.807) is 6.08 Å². The Morgan fingerprint density at radius 3 is 1.71 bits per heavy atom. The zero-order valence-electron chi connectivity index (χ0n) is 34.6.